The molecule has 1 aromatic heterocycles. The molecule has 0 radical (unpaired) electrons. The quantitative estimate of drug-likeness (QED) is 0.782. The average molecular weight is 211 g/mol. The predicted octanol–water partition coefficient (Wildman–Crippen LogP) is 0.886. The van der Waals surface area contributed by atoms with Crippen LogP contribution in [0.25, 0.3) is 0 Å². The van der Waals surface area contributed by atoms with Crippen LogP contribution in [0.5, 0.6) is 0 Å². The average Bonchev–Trinajstić information content (AvgIpc) is 2.64. The van der Waals surface area contributed by atoms with Crippen LogP contribution in [0.2, 0.25) is 0 Å². The maximum Gasteiger partial charge on any atom is 0.252 e. The lowest BCUT2D eigenvalue weighted by Crippen LogP contribution is -2.35. The van der Waals surface area contributed by atoms with Gasteiger partial charge in [0, 0.05) is 6.42 Å². The van der Waals surface area contributed by atoms with Crippen molar-refractivity contribution in [3.05, 3.63) is 11.7 Å². The van der Waals surface area contributed by atoms with Crippen LogP contribution in [-0.4, -0.2) is 22.8 Å². The molecule has 2 rings (SSSR count). The molecule has 1 aromatic rings. The number of aromatic nitrogens is 2. The van der Waals surface area contributed by atoms with E-state index in [1.54, 1.807) is 0 Å². The monoisotopic (exact) mass is 211 g/mol. The Morgan fingerprint density at radius 1 is 1.53 bits per heavy atom. The topological polar surface area (TPSA) is 74.2 Å². The van der Waals surface area contributed by atoms with Crippen LogP contribution < -0.4 is 5.73 Å². The normalized spacial score (nSPS) is 25.2. The SMILES string of the molecule is CCc1noc(COC2CC(CN)C2)n1. The summed E-state index contributed by atoms with van der Waals surface area (Å²) in [6, 6.07) is 0. The molecular weight excluding hydrogens is 194 g/mol. The number of nitrogens with zero attached hydrogens (tertiary/aromatic N) is 2. The Kier molecular flexibility index (Phi) is 3.33. The van der Waals surface area contributed by atoms with Crippen LogP contribution in [0.4, 0.5) is 0 Å². The van der Waals surface area contributed by atoms with E-state index in [4.69, 9.17) is 15.0 Å². The van der Waals surface area contributed by atoms with E-state index < -0.39 is 0 Å². The van der Waals surface area contributed by atoms with Crippen molar-refractivity contribution in [2.75, 3.05) is 6.54 Å². The molecule has 0 atom stereocenters. The van der Waals surface area contributed by atoms with Gasteiger partial charge in [0.25, 0.3) is 5.89 Å². The van der Waals surface area contributed by atoms with Crippen molar-refractivity contribution in [1.29, 1.82) is 0 Å². The first-order chi connectivity index (χ1) is 7.31. The first-order valence-corrected chi connectivity index (χ1v) is 5.45. The second kappa shape index (κ2) is 4.72. The molecular formula is C10H17N3O2. The highest BCUT2D eigenvalue weighted by molar-refractivity contribution is 4.85. The second-order valence-corrected chi connectivity index (χ2v) is 3.96. The number of nitrogens with two attached hydrogens (primary N) is 1. The molecule has 1 saturated carbocycles. The molecule has 0 aromatic carbocycles. The van der Waals surface area contributed by atoms with E-state index >= 15 is 0 Å². The van der Waals surface area contributed by atoms with Crippen LogP contribution >= 0.6 is 0 Å². The molecule has 15 heavy (non-hydrogen) atoms. The molecule has 1 aliphatic carbocycles. The van der Waals surface area contributed by atoms with Gasteiger partial charge in [-0.25, -0.2) is 0 Å². The summed E-state index contributed by atoms with van der Waals surface area (Å²) < 4.78 is 10.6. The standard InChI is InChI=1S/C10H17N3O2/c1-2-9-12-10(15-13-9)6-14-8-3-7(4-8)5-11/h7-8H,2-6,11H2,1H3. The summed E-state index contributed by atoms with van der Waals surface area (Å²) in [5, 5.41) is 3.80. The third-order valence-corrected chi connectivity index (χ3v) is 2.79. The third kappa shape index (κ3) is 2.54. The molecule has 0 unspecified atom stereocenters. The number of hydrogen-bond donors (Lipinski definition) is 1. The molecule has 0 aliphatic heterocycles. The zero-order valence-corrected chi connectivity index (χ0v) is 8.98. The lowest BCUT2D eigenvalue weighted by atomic mass is 9.82. The zero-order chi connectivity index (χ0) is 10.7. The minimum Gasteiger partial charge on any atom is -0.368 e. The first-order valence-electron chi connectivity index (χ1n) is 5.45. The Morgan fingerprint density at radius 3 is 2.93 bits per heavy atom. The van der Waals surface area contributed by atoms with E-state index in [0.717, 1.165) is 31.6 Å². The van der Waals surface area contributed by atoms with Gasteiger partial charge < -0.3 is 15.0 Å². The van der Waals surface area contributed by atoms with E-state index in [9.17, 15) is 0 Å². The summed E-state index contributed by atoms with van der Waals surface area (Å²) >= 11 is 0. The van der Waals surface area contributed by atoms with Gasteiger partial charge in [0.15, 0.2) is 5.82 Å². The summed E-state index contributed by atoms with van der Waals surface area (Å²) in [6.07, 6.45) is 3.24. The maximum absolute atomic E-state index is 5.60. The van der Waals surface area contributed by atoms with Crippen molar-refractivity contribution in [1.82, 2.24) is 10.1 Å². The fourth-order valence-electron chi connectivity index (χ4n) is 1.68. The molecule has 5 heteroatoms. The molecule has 1 aliphatic rings. The van der Waals surface area contributed by atoms with Crippen LogP contribution in [0.3, 0.4) is 0 Å². The molecule has 0 bridgehead atoms. The number of aryl methyl sites for hydroxylation is 1. The highest BCUT2D eigenvalue weighted by atomic mass is 16.5. The van der Waals surface area contributed by atoms with Crippen molar-refractivity contribution in [2.24, 2.45) is 11.7 Å². The van der Waals surface area contributed by atoms with Crippen molar-refractivity contribution in [2.45, 2.75) is 38.9 Å². The van der Waals surface area contributed by atoms with Gasteiger partial charge >= 0.3 is 0 Å². The Balaban J connectivity index is 1.70. The zero-order valence-electron chi connectivity index (χ0n) is 8.98. The summed E-state index contributed by atoms with van der Waals surface area (Å²) in [7, 11) is 0. The summed E-state index contributed by atoms with van der Waals surface area (Å²) in [5.41, 5.74) is 5.53. The summed E-state index contributed by atoms with van der Waals surface area (Å²) in [6.45, 7) is 3.18. The van der Waals surface area contributed by atoms with Gasteiger partial charge in [-0.05, 0) is 25.3 Å². The minimum atomic E-state index is 0.329. The highest BCUT2D eigenvalue weighted by Gasteiger charge is 2.28. The first kappa shape index (κ1) is 10.6. The smallest absolute Gasteiger partial charge is 0.252 e. The van der Waals surface area contributed by atoms with Crippen LogP contribution in [0.15, 0.2) is 4.52 Å². The Labute approximate surface area is 89.0 Å². The van der Waals surface area contributed by atoms with Gasteiger partial charge in [-0.15, -0.1) is 0 Å². The summed E-state index contributed by atoms with van der Waals surface area (Å²) in [5.74, 6) is 1.95. The largest absolute Gasteiger partial charge is 0.368 e. The van der Waals surface area contributed by atoms with Gasteiger partial charge in [0.2, 0.25) is 0 Å². The highest BCUT2D eigenvalue weighted by Crippen LogP contribution is 2.29. The molecule has 5 nitrogen and oxygen atoms in total. The van der Waals surface area contributed by atoms with Crippen molar-refractivity contribution >= 4 is 0 Å². The summed E-state index contributed by atoms with van der Waals surface area (Å²) in [4.78, 5) is 4.17. The van der Waals surface area contributed by atoms with E-state index in [-0.39, 0.29) is 0 Å². The van der Waals surface area contributed by atoms with E-state index in [0.29, 0.717) is 24.5 Å². The molecule has 1 fully saturated rings. The van der Waals surface area contributed by atoms with Crippen LogP contribution in [-0.2, 0) is 17.8 Å². The lowest BCUT2D eigenvalue weighted by Gasteiger charge is -2.33. The molecule has 84 valence electrons. The molecule has 0 spiro atoms. The third-order valence-electron chi connectivity index (χ3n) is 2.79. The van der Waals surface area contributed by atoms with Crippen LogP contribution in [0, 0.1) is 5.92 Å². The van der Waals surface area contributed by atoms with Crippen molar-refractivity contribution < 1.29 is 9.26 Å². The molecule has 1 heterocycles. The molecule has 2 N–H and O–H groups in total. The molecule has 0 amide bonds. The van der Waals surface area contributed by atoms with E-state index in [1.165, 1.54) is 0 Å². The number of hydrogen-bond acceptors (Lipinski definition) is 5. The van der Waals surface area contributed by atoms with Gasteiger partial charge in [-0.2, -0.15) is 4.98 Å². The van der Waals surface area contributed by atoms with Crippen LogP contribution in [0.1, 0.15) is 31.5 Å². The Hall–Kier alpha value is -0.940. The van der Waals surface area contributed by atoms with Crippen molar-refractivity contribution in [3.8, 4) is 0 Å². The maximum atomic E-state index is 5.60. The number of rotatable bonds is 5. The molecule has 0 saturated heterocycles. The number of ether oxygens (including phenoxy) is 1. The lowest BCUT2D eigenvalue weighted by molar-refractivity contribution is -0.0459. The van der Waals surface area contributed by atoms with E-state index in [2.05, 4.69) is 10.1 Å². The fraction of sp³-hybridized carbons (Fsp3) is 0.800. The van der Waals surface area contributed by atoms with Gasteiger partial charge in [-0.3, -0.25) is 0 Å². The Bertz CT molecular complexity index is 307. The predicted molar refractivity (Wildman–Crippen MR) is 54.0 cm³/mol. The van der Waals surface area contributed by atoms with Gasteiger partial charge in [0.05, 0.1) is 6.10 Å². The van der Waals surface area contributed by atoms with Crippen molar-refractivity contribution in [3.63, 3.8) is 0 Å². The minimum absolute atomic E-state index is 0.329. The van der Waals surface area contributed by atoms with E-state index in [1.807, 2.05) is 6.92 Å². The Morgan fingerprint density at radius 2 is 2.33 bits per heavy atom. The fourth-order valence-corrected chi connectivity index (χ4v) is 1.68. The second-order valence-electron chi connectivity index (χ2n) is 3.96. The van der Waals surface area contributed by atoms with Gasteiger partial charge in [0.1, 0.15) is 6.61 Å². The van der Waals surface area contributed by atoms with Gasteiger partial charge in [-0.1, -0.05) is 12.1 Å².